The molecule has 0 atom stereocenters. The largest absolute Gasteiger partial charge is 0.488 e. The van der Waals surface area contributed by atoms with Crippen molar-refractivity contribution in [3.63, 3.8) is 0 Å². The maximum Gasteiger partial charge on any atom is 0.227 e. The third kappa shape index (κ3) is 3.54. The van der Waals surface area contributed by atoms with Gasteiger partial charge in [-0.3, -0.25) is 4.79 Å². The summed E-state index contributed by atoms with van der Waals surface area (Å²) in [6, 6.07) is 18.0. The molecule has 0 aliphatic rings. The van der Waals surface area contributed by atoms with Crippen LogP contribution in [0.4, 0.5) is 0 Å². The van der Waals surface area contributed by atoms with Crippen molar-refractivity contribution >= 4 is 16.8 Å². The Balaban J connectivity index is 1.81. The highest BCUT2D eigenvalue weighted by molar-refractivity contribution is 5.88. The van der Waals surface area contributed by atoms with Gasteiger partial charge in [-0.05, 0) is 23.8 Å². The monoisotopic (exact) mass is 308 g/mol. The van der Waals surface area contributed by atoms with Gasteiger partial charge in [0.05, 0.1) is 6.42 Å². The summed E-state index contributed by atoms with van der Waals surface area (Å²) in [7, 11) is 3.53. The average Bonchev–Trinajstić information content (AvgIpc) is 2.96. The molecule has 4 heteroatoms. The van der Waals surface area contributed by atoms with E-state index in [0.717, 1.165) is 27.9 Å². The molecule has 0 radical (unpaired) electrons. The van der Waals surface area contributed by atoms with Crippen molar-refractivity contribution in [2.75, 3.05) is 14.1 Å². The number of ether oxygens (including phenoxy) is 1. The molecule has 0 unspecified atom stereocenters. The van der Waals surface area contributed by atoms with Gasteiger partial charge in [-0.25, -0.2) is 0 Å². The Hall–Kier alpha value is -2.75. The number of aromatic nitrogens is 1. The predicted octanol–water partition coefficient (Wildman–Crippen LogP) is 3.38. The number of likely N-dealkylation sites (N-methyl/N-ethyl adjacent to an activating group) is 1. The van der Waals surface area contributed by atoms with Crippen molar-refractivity contribution in [2.45, 2.75) is 13.0 Å². The van der Waals surface area contributed by atoms with Crippen molar-refractivity contribution in [3.05, 3.63) is 65.9 Å². The molecule has 3 aromatic rings. The van der Waals surface area contributed by atoms with Crippen molar-refractivity contribution in [1.82, 2.24) is 9.88 Å². The minimum Gasteiger partial charge on any atom is -0.488 e. The Morgan fingerprint density at radius 3 is 2.61 bits per heavy atom. The van der Waals surface area contributed by atoms with Crippen LogP contribution >= 0.6 is 0 Å². The number of H-pyrrole nitrogens is 1. The minimum atomic E-state index is 0.0725. The third-order valence-corrected chi connectivity index (χ3v) is 3.76. The van der Waals surface area contributed by atoms with Gasteiger partial charge in [0, 0.05) is 30.7 Å². The van der Waals surface area contributed by atoms with Crippen molar-refractivity contribution in [3.8, 4) is 5.75 Å². The summed E-state index contributed by atoms with van der Waals surface area (Å²) in [6.07, 6.45) is 0.361. The van der Waals surface area contributed by atoms with Gasteiger partial charge >= 0.3 is 0 Å². The van der Waals surface area contributed by atoms with Crippen LogP contribution in [0.5, 0.6) is 5.75 Å². The normalized spacial score (nSPS) is 10.7. The molecule has 118 valence electrons. The average molecular weight is 308 g/mol. The van der Waals surface area contributed by atoms with Crippen LogP contribution in [-0.4, -0.2) is 29.9 Å². The lowest BCUT2D eigenvalue weighted by molar-refractivity contribution is -0.128. The molecule has 2 aromatic carbocycles. The molecule has 3 rings (SSSR count). The van der Waals surface area contributed by atoms with Crippen LogP contribution in [-0.2, 0) is 17.8 Å². The van der Waals surface area contributed by atoms with Crippen LogP contribution in [0.1, 0.15) is 11.3 Å². The number of hydrogen-bond donors (Lipinski definition) is 1. The van der Waals surface area contributed by atoms with E-state index in [9.17, 15) is 4.79 Å². The molecule has 1 amide bonds. The Kier molecular flexibility index (Phi) is 4.33. The molecule has 1 N–H and O–H groups in total. The van der Waals surface area contributed by atoms with E-state index in [0.29, 0.717) is 13.0 Å². The summed E-state index contributed by atoms with van der Waals surface area (Å²) in [5.41, 5.74) is 3.01. The smallest absolute Gasteiger partial charge is 0.227 e. The fraction of sp³-hybridized carbons (Fsp3) is 0.211. The fourth-order valence-electron chi connectivity index (χ4n) is 2.46. The van der Waals surface area contributed by atoms with E-state index in [1.807, 2.05) is 54.6 Å². The van der Waals surface area contributed by atoms with Crippen molar-refractivity contribution in [1.29, 1.82) is 0 Å². The van der Waals surface area contributed by atoms with E-state index < -0.39 is 0 Å². The topological polar surface area (TPSA) is 45.3 Å². The molecule has 0 aliphatic carbocycles. The number of hydrogen-bond acceptors (Lipinski definition) is 2. The van der Waals surface area contributed by atoms with Gasteiger partial charge in [-0.15, -0.1) is 0 Å². The zero-order valence-corrected chi connectivity index (χ0v) is 13.4. The molecule has 0 bridgehead atoms. The predicted molar refractivity (Wildman–Crippen MR) is 91.5 cm³/mol. The van der Waals surface area contributed by atoms with Crippen molar-refractivity contribution in [2.24, 2.45) is 0 Å². The Morgan fingerprint density at radius 2 is 1.87 bits per heavy atom. The third-order valence-electron chi connectivity index (χ3n) is 3.76. The first-order valence-electron chi connectivity index (χ1n) is 7.61. The second kappa shape index (κ2) is 6.57. The zero-order chi connectivity index (χ0) is 16.2. The maximum atomic E-state index is 11.9. The molecule has 4 nitrogen and oxygen atoms in total. The molecule has 0 spiro atoms. The molecule has 0 aliphatic heterocycles. The second-order valence-corrected chi connectivity index (χ2v) is 5.75. The molecular formula is C19H20N2O2. The summed E-state index contributed by atoms with van der Waals surface area (Å²) in [4.78, 5) is 16.7. The fourth-order valence-corrected chi connectivity index (χ4v) is 2.46. The number of fused-ring (bicyclic) bond motifs is 1. The summed E-state index contributed by atoms with van der Waals surface area (Å²) < 4.78 is 5.96. The van der Waals surface area contributed by atoms with Gasteiger partial charge in [-0.2, -0.15) is 0 Å². The molecule has 0 saturated heterocycles. The number of carbonyl (C=O) groups is 1. The molecule has 1 heterocycles. The molecular weight excluding hydrogens is 288 g/mol. The Bertz CT molecular complexity index is 807. The van der Waals surface area contributed by atoms with Gasteiger partial charge in [0.25, 0.3) is 0 Å². The van der Waals surface area contributed by atoms with E-state index in [1.54, 1.807) is 19.0 Å². The van der Waals surface area contributed by atoms with E-state index in [2.05, 4.69) is 4.98 Å². The molecule has 1 aromatic heterocycles. The standard InChI is InChI=1S/C19H20N2O2/c1-21(2)19(22)12-15-11-16-17(20-15)9-6-10-18(16)23-13-14-7-4-3-5-8-14/h3-11,20H,12-13H2,1-2H3. The Morgan fingerprint density at radius 1 is 1.09 bits per heavy atom. The van der Waals surface area contributed by atoms with E-state index >= 15 is 0 Å². The summed E-state index contributed by atoms with van der Waals surface area (Å²) in [5, 5.41) is 1.00. The summed E-state index contributed by atoms with van der Waals surface area (Å²) in [6.45, 7) is 0.525. The van der Waals surface area contributed by atoms with Crippen LogP contribution in [0.3, 0.4) is 0 Å². The molecule has 0 saturated carbocycles. The highest BCUT2D eigenvalue weighted by Gasteiger charge is 2.11. The van der Waals surface area contributed by atoms with Gasteiger partial charge < -0.3 is 14.6 Å². The van der Waals surface area contributed by atoms with Gasteiger partial charge in [0.2, 0.25) is 5.91 Å². The molecule has 23 heavy (non-hydrogen) atoms. The van der Waals surface area contributed by atoms with Crippen LogP contribution in [0.2, 0.25) is 0 Å². The van der Waals surface area contributed by atoms with E-state index in [-0.39, 0.29) is 5.91 Å². The first-order chi connectivity index (χ1) is 11.1. The zero-order valence-electron chi connectivity index (χ0n) is 13.4. The first-order valence-corrected chi connectivity index (χ1v) is 7.61. The lowest BCUT2D eigenvalue weighted by Crippen LogP contribution is -2.23. The number of nitrogens with one attached hydrogen (secondary N) is 1. The highest BCUT2D eigenvalue weighted by atomic mass is 16.5. The van der Waals surface area contributed by atoms with E-state index in [4.69, 9.17) is 4.74 Å². The number of benzene rings is 2. The van der Waals surface area contributed by atoms with Gasteiger partial charge in [0.15, 0.2) is 0 Å². The van der Waals surface area contributed by atoms with Crippen LogP contribution in [0, 0.1) is 0 Å². The number of nitrogens with zero attached hydrogens (tertiary/aromatic N) is 1. The van der Waals surface area contributed by atoms with Gasteiger partial charge in [-0.1, -0.05) is 36.4 Å². The number of carbonyl (C=O) groups excluding carboxylic acids is 1. The highest BCUT2D eigenvalue weighted by Crippen LogP contribution is 2.27. The van der Waals surface area contributed by atoms with Crippen LogP contribution in [0.15, 0.2) is 54.6 Å². The number of rotatable bonds is 5. The summed E-state index contributed by atoms with van der Waals surface area (Å²) >= 11 is 0. The van der Waals surface area contributed by atoms with E-state index in [1.165, 1.54) is 0 Å². The SMILES string of the molecule is CN(C)C(=O)Cc1cc2c(OCc3ccccc3)cccc2[nH]1. The lowest BCUT2D eigenvalue weighted by atomic mass is 10.2. The van der Waals surface area contributed by atoms with Gasteiger partial charge in [0.1, 0.15) is 12.4 Å². The lowest BCUT2D eigenvalue weighted by Gasteiger charge is -2.08. The van der Waals surface area contributed by atoms with Crippen molar-refractivity contribution < 1.29 is 9.53 Å². The quantitative estimate of drug-likeness (QED) is 0.785. The second-order valence-electron chi connectivity index (χ2n) is 5.75. The number of aromatic amines is 1. The maximum absolute atomic E-state index is 11.9. The minimum absolute atomic E-state index is 0.0725. The first kappa shape index (κ1) is 15.2. The number of amides is 1. The molecule has 0 fully saturated rings. The van der Waals surface area contributed by atoms with Crippen LogP contribution in [0.25, 0.3) is 10.9 Å². The Labute approximate surface area is 135 Å². The summed E-state index contributed by atoms with van der Waals surface area (Å²) in [5.74, 6) is 0.898. The van der Waals surface area contributed by atoms with Crippen LogP contribution < -0.4 is 4.74 Å².